The number of rotatable bonds is 3. The fourth-order valence-electron chi connectivity index (χ4n) is 3.66. The van der Waals surface area contributed by atoms with Crippen molar-refractivity contribution in [2.24, 2.45) is 11.5 Å². The van der Waals surface area contributed by atoms with Crippen LogP contribution in [0.3, 0.4) is 0 Å². The van der Waals surface area contributed by atoms with Crippen LogP contribution in [0.4, 0.5) is 10.5 Å². The van der Waals surface area contributed by atoms with Crippen LogP contribution in [0.2, 0.25) is 0 Å². The SMILES string of the molecule is C#C[C@]1(O)CN(C(N)=O)[C@@](C(N)=O)(c2ccc(N3CCOCC3=O)cc2)C1. The number of nitrogens with two attached hydrogens (primary N) is 2. The van der Waals surface area contributed by atoms with Gasteiger partial charge in [-0.3, -0.25) is 9.59 Å². The van der Waals surface area contributed by atoms with Crippen LogP contribution in [0.5, 0.6) is 0 Å². The number of terminal acetylenes is 1. The lowest BCUT2D eigenvalue weighted by atomic mass is 9.82. The third-order valence-corrected chi connectivity index (χ3v) is 5.01. The zero-order chi connectivity index (χ0) is 19.8. The highest BCUT2D eigenvalue weighted by molar-refractivity contribution is 5.95. The molecule has 2 aliphatic rings. The highest BCUT2D eigenvalue weighted by Gasteiger charge is 2.58. The van der Waals surface area contributed by atoms with Crippen LogP contribution in [-0.4, -0.2) is 59.8 Å². The van der Waals surface area contributed by atoms with E-state index in [1.165, 1.54) is 0 Å². The van der Waals surface area contributed by atoms with E-state index in [9.17, 15) is 19.5 Å². The first-order valence-electron chi connectivity index (χ1n) is 8.29. The number of carbonyl (C=O) groups is 3. The second kappa shape index (κ2) is 6.57. The molecule has 0 bridgehead atoms. The smallest absolute Gasteiger partial charge is 0.316 e. The molecule has 1 aromatic rings. The molecule has 0 unspecified atom stereocenters. The normalized spacial score (nSPS) is 28.1. The molecular formula is C18H20N4O5. The van der Waals surface area contributed by atoms with Gasteiger partial charge in [0.2, 0.25) is 5.91 Å². The zero-order valence-corrected chi connectivity index (χ0v) is 14.6. The minimum Gasteiger partial charge on any atom is -0.376 e. The van der Waals surface area contributed by atoms with E-state index in [4.69, 9.17) is 22.6 Å². The van der Waals surface area contributed by atoms with E-state index in [1.54, 1.807) is 29.2 Å². The molecule has 9 nitrogen and oxygen atoms in total. The number of β-amino-alcohol motifs (C(OH)–C–C–N with tert-alkyl or cyclic N) is 1. The number of amides is 4. The third-order valence-electron chi connectivity index (χ3n) is 5.01. The minimum absolute atomic E-state index is 0.00235. The van der Waals surface area contributed by atoms with Gasteiger partial charge in [-0.1, -0.05) is 18.1 Å². The van der Waals surface area contributed by atoms with Crippen LogP contribution in [0.15, 0.2) is 24.3 Å². The monoisotopic (exact) mass is 372 g/mol. The summed E-state index contributed by atoms with van der Waals surface area (Å²) < 4.78 is 5.10. The molecule has 0 saturated carbocycles. The molecule has 0 radical (unpaired) electrons. The number of morpholine rings is 1. The summed E-state index contributed by atoms with van der Waals surface area (Å²) in [6.45, 7) is 0.510. The number of benzene rings is 1. The second-order valence-electron chi connectivity index (χ2n) is 6.65. The van der Waals surface area contributed by atoms with E-state index in [1.807, 2.05) is 0 Å². The van der Waals surface area contributed by atoms with Crippen LogP contribution >= 0.6 is 0 Å². The highest BCUT2D eigenvalue weighted by Crippen LogP contribution is 2.43. The Kier molecular flexibility index (Phi) is 4.55. The molecule has 2 heterocycles. The van der Waals surface area contributed by atoms with Gasteiger partial charge in [-0.2, -0.15) is 0 Å². The van der Waals surface area contributed by atoms with Crippen molar-refractivity contribution in [3.63, 3.8) is 0 Å². The number of carbonyl (C=O) groups excluding carboxylic acids is 3. The Bertz CT molecular complexity index is 833. The van der Waals surface area contributed by atoms with Gasteiger partial charge in [0.15, 0.2) is 5.54 Å². The predicted octanol–water partition coefficient (Wildman–Crippen LogP) is -1.12. The van der Waals surface area contributed by atoms with Crippen LogP contribution in [0.1, 0.15) is 12.0 Å². The Morgan fingerprint density at radius 2 is 1.93 bits per heavy atom. The molecular weight excluding hydrogens is 352 g/mol. The fourth-order valence-corrected chi connectivity index (χ4v) is 3.66. The van der Waals surface area contributed by atoms with Crippen molar-refractivity contribution in [1.29, 1.82) is 0 Å². The second-order valence-corrected chi connectivity index (χ2v) is 6.65. The number of hydrogen-bond acceptors (Lipinski definition) is 5. The summed E-state index contributed by atoms with van der Waals surface area (Å²) in [6.07, 6.45) is 5.11. The van der Waals surface area contributed by atoms with E-state index in [2.05, 4.69) is 5.92 Å². The zero-order valence-electron chi connectivity index (χ0n) is 14.6. The van der Waals surface area contributed by atoms with Gasteiger partial charge in [-0.25, -0.2) is 4.79 Å². The molecule has 142 valence electrons. The summed E-state index contributed by atoms with van der Waals surface area (Å²) in [7, 11) is 0. The summed E-state index contributed by atoms with van der Waals surface area (Å²) in [6, 6.07) is 5.49. The number of primary amides is 2. The Morgan fingerprint density at radius 1 is 1.26 bits per heavy atom. The lowest BCUT2D eigenvalue weighted by Gasteiger charge is -2.35. The van der Waals surface area contributed by atoms with Crippen LogP contribution in [0, 0.1) is 12.3 Å². The van der Waals surface area contributed by atoms with Crippen molar-refractivity contribution in [3.05, 3.63) is 29.8 Å². The maximum Gasteiger partial charge on any atom is 0.316 e. The van der Waals surface area contributed by atoms with E-state index in [0.717, 1.165) is 4.90 Å². The topological polar surface area (TPSA) is 139 Å². The quantitative estimate of drug-likeness (QED) is 0.577. The summed E-state index contributed by atoms with van der Waals surface area (Å²) in [4.78, 5) is 38.9. The maximum absolute atomic E-state index is 12.4. The number of anilines is 1. The number of ether oxygens (including phenoxy) is 1. The molecule has 5 N–H and O–H groups in total. The molecule has 0 aliphatic carbocycles. The van der Waals surface area contributed by atoms with Gasteiger partial charge in [0, 0.05) is 18.7 Å². The number of aliphatic hydroxyl groups is 1. The van der Waals surface area contributed by atoms with E-state index >= 15 is 0 Å². The molecule has 2 atom stereocenters. The average molecular weight is 372 g/mol. The number of hydrogen-bond donors (Lipinski definition) is 3. The number of urea groups is 1. The summed E-state index contributed by atoms with van der Waals surface area (Å²) >= 11 is 0. The lowest BCUT2D eigenvalue weighted by Crippen LogP contribution is -2.55. The Labute approximate surface area is 155 Å². The van der Waals surface area contributed by atoms with E-state index in [-0.39, 0.29) is 25.5 Å². The molecule has 2 aliphatic heterocycles. The van der Waals surface area contributed by atoms with Gasteiger partial charge >= 0.3 is 6.03 Å². The minimum atomic E-state index is -1.73. The predicted molar refractivity (Wildman–Crippen MR) is 95.2 cm³/mol. The molecule has 2 saturated heterocycles. The maximum atomic E-state index is 12.4. The summed E-state index contributed by atoms with van der Waals surface area (Å²) in [5.74, 6) is 1.17. The van der Waals surface area contributed by atoms with Gasteiger partial charge in [-0.05, 0) is 17.7 Å². The standard InChI is InChI=1S/C18H20N4O5/c1-2-17(26)10-18(15(19)24,22(11-17)16(20)25)12-3-5-13(6-4-12)21-7-8-27-9-14(21)23/h1,3-6,26H,7-11H2,(H2,19,24)(H2,20,25)/t17-,18-/m1/s1. The van der Waals surface area contributed by atoms with E-state index < -0.39 is 23.1 Å². The largest absolute Gasteiger partial charge is 0.376 e. The third kappa shape index (κ3) is 2.99. The molecule has 0 spiro atoms. The van der Waals surface area contributed by atoms with Crippen molar-refractivity contribution in [3.8, 4) is 12.3 Å². The van der Waals surface area contributed by atoms with Gasteiger partial charge in [0.1, 0.15) is 12.2 Å². The first-order valence-corrected chi connectivity index (χ1v) is 8.29. The summed E-state index contributed by atoms with van der Waals surface area (Å²) in [5.41, 5.74) is 8.60. The van der Waals surface area contributed by atoms with Gasteiger partial charge in [0.25, 0.3) is 5.91 Å². The van der Waals surface area contributed by atoms with Gasteiger partial charge < -0.3 is 31.1 Å². The van der Waals surface area contributed by atoms with Gasteiger partial charge in [-0.15, -0.1) is 6.42 Å². The molecule has 27 heavy (non-hydrogen) atoms. The van der Waals surface area contributed by atoms with Crippen LogP contribution < -0.4 is 16.4 Å². The first kappa shape index (κ1) is 18.7. The molecule has 4 amide bonds. The van der Waals surface area contributed by atoms with Crippen molar-refractivity contribution in [2.75, 3.05) is 31.2 Å². The highest BCUT2D eigenvalue weighted by atomic mass is 16.5. The molecule has 2 fully saturated rings. The fraction of sp³-hybridized carbons (Fsp3) is 0.389. The molecule has 9 heteroatoms. The van der Waals surface area contributed by atoms with Crippen molar-refractivity contribution in [1.82, 2.24) is 4.90 Å². The first-order chi connectivity index (χ1) is 12.7. The number of likely N-dealkylation sites (tertiary alicyclic amines) is 1. The van der Waals surface area contributed by atoms with Crippen LogP contribution in [0.25, 0.3) is 0 Å². The van der Waals surface area contributed by atoms with Crippen molar-refractivity contribution < 1.29 is 24.2 Å². The van der Waals surface area contributed by atoms with E-state index in [0.29, 0.717) is 24.4 Å². The molecule has 3 rings (SSSR count). The van der Waals surface area contributed by atoms with Crippen molar-refractivity contribution in [2.45, 2.75) is 17.6 Å². The van der Waals surface area contributed by atoms with Crippen molar-refractivity contribution >= 4 is 23.5 Å². The molecule has 1 aromatic carbocycles. The molecule has 0 aromatic heterocycles. The Hall–Kier alpha value is -3.09. The average Bonchev–Trinajstić information content (AvgIpc) is 2.98. The Morgan fingerprint density at radius 3 is 2.44 bits per heavy atom. The lowest BCUT2D eigenvalue weighted by molar-refractivity contribution is -0.128. The van der Waals surface area contributed by atoms with Gasteiger partial charge in [0.05, 0.1) is 13.2 Å². The van der Waals surface area contributed by atoms with Crippen LogP contribution in [-0.2, 0) is 19.9 Å². The summed E-state index contributed by atoms with van der Waals surface area (Å²) in [5, 5.41) is 10.5. The Balaban J connectivity index is 2.03. The number of nitrogens with zero attached hydrogens (tertiary/aromatic N) is 2.